The first-order valence-corrected chi connectivity index (χ1v) is 10.6. The highest BCUT2D eigenvalue weighted by molar-refractivity contribution is 7.21. The van der Waals surface area contributed by atoms with Crippen molar-refractivity contribution in [2.75, 3.05) is 19.7 Å². The molecule has 0 saturated heterocycles. The number of esters is 1. The van der Waals surface area contributed by atoms with E-state index in [1.165, 1.54) is 30.6 Å². The molecule has 1 aromatic carbocycles. The lowest BCUT2D eigenvalue weighted by Gasteiger charge is -2.21. The summed E-state index contributed by atoms with van der Waals surface area (Å²) >= 11 is 7.51. The van der Waals surface area contributed by atoms with Gasteiger partial charge in [-0.05, 0) is 24.8 Å². The SMILES string of the molecule is O=C(COC(=O)CNC(=O)c1sc2ccccc2c1Cl)NCC1CCCCC1. The molecule has 0 radical (unpaired) electrons. The van der Waals surface area contributed by atoms with Gasteiger partial charge >= 0.3 is 5.97 Å². The number of hydrogen-bond acceptors (Lipinski definition) is 5. The van der Waals surface area contributed by atoms with Gasteiger partial charge < -0.3 is 15.4 Å². The number of thiophene rings is 1. The Labute approximate surface area is 172 Å². The Morgan fingerprint density at radius 1 is 1.11 bits per heavy atom. The van der Waals surface area contributed by atoms with Crippen LogP contribution < -0.4 is 10.6 Å². The fraction of sp³-hybridized carbons (Fsp3) is 0.450. The zero-order chi connectivity index (χ0) is 19.9. The molecule has 1 fully saturated rings. The zero-order valence-electron chi connectivity index (χ0n) is 15.5. The summed E-state index contributed by atoms with van der Waals surface area (Å²) < 4.78 is 5.82. The summed E-state index contributed by atoms with van der Waals surface area (Å²) in [5, 5.41) is 6.46. The second-order valence-electron chi connectivity index (χ2n) is 6.89. The zero-order valence-corrected chi connectivity index (χ0v) is 17.0. The Kier molecular flexibility index (Phi) is 7.28. The molecule has 28 heavy (non-hydrogen) atoms. The minimum Gasteiger partial charge on any atom is -0.454 e. The number of nitrogens with one attached hydrogen (secondary N) is 2. The van der Waals surface area contributed by atoms with Gasteiger partial charge in [0, 0.05) is 16.6 Å². The number of halogens is 1. The summed E-state index contributed by atoms with van der Waals surface area (Å²) in [5.74, 6) is -0.917. The summed E-state index contributed by atoms with van der Waals surface area (Å²) in [5.41, 5.74) is 0. The molecule has 1 saturated carbocycles. The van der Waals surface area contributed by atoms with Gasteiger partial charge in [-0.3, -0.25) is 14.4 Å². The van der Waals surface area contributed by atoms with Gasteiger partial charge in [0.05, 0.1) is 5.02 Å². The summed E-state index contributed by atoms with van der Waals surface area (Å²) in [4.78, 5) is 36.2. The molecule has 0 unspecified atom stereocenters. The predicted octanol–water partition coefficient (Wildman–Crippen LogP) is 3.52. The Balaban J connectivity index is 1.39. The second kappa shape index (κ2) is 9.89. The molecule has 1 aliphatic carbocycles. The van der Waals surface area contributed by atoms with Crippen molar-refractivity contribution in [2.24, 2.45) is 5.92 Å². The Morgan fingerprint density at radius 3 is 2.61 bits per heavy atom. The van der Waals surface area contributed by atoms with Crippen LogP contribution >= 0.6 is 22.9 Å². The number of carbonyl (C=O) groups is 3. The predicted molar refractivity (Wildman–Crippen MR) is 110 cm³/mol. The molecule has 0 aliphatic heterocycles. The largest absolute Gasteiger partial charge is 0.454 e. The maximum absolute atomic E-state index is 12.3. The minimum atomic E-state index is -0.668. The van der Waals surface area contributed by atoms with Gasteiger partial charge in [-0.2, -0.15) is 0 Å². The average molecular weight is 423 g/mol. The molecule has 8 heteroatoms. The highest BCUT2D eigenvalue weighted by atomic mass is 35.5. The molecule has 2 aromatic rings. The van der Waals surface area contributed by atoms with Crippen molar-refractivity contribution in [3.63, 3.8) is 0 Å². The number of hydrogen-bond donors (Lipinski definition) is 2. The Hall–Kier alpha value is -2.12. The highest BCUT2D eigenvalue weighted by Gasteiger charge is 2.18. The van der Waals surface area contributed by atoms with Crippen LogP contribution in [-0.2, 0) is 14.3 Å². The van der Waals surface area contributed by atoms with E-state index in [9.17, 15) is 14.4 Å². The van der Waals surface area contributed by atoms with Crippen LogP contribution in [0.1, 0.15) is 41.8 Å². The maximum atomic E-state index is 12.3. The molecule has 0 spiro atoms. The van der Waals surface area contributed by atoms with Crippen LogP contribution in [0.3, 0.4) is 0 Å². The van der Waals surface area contributed by atoms with E-state index in [2.05, 4.69) is 10.6 Å². The van der Waals surface area contributed by atoms with Gasteiger partial charge in [0.1, 0.15) is 11.4 Å². The fourth-order valence-electron chi connectivity index (χ4n) is 3.29. The summed E-state index contributed by atoms with van der Waals surface area (Å²) in [7, 11) is 0. The van der Waals surface area contributed by atoms with E-state index in [1.807, 2.05) is 24.3 Å². The monoisotopic (exact) mass is 422 g/mol. The van der Waals surface area contributed by atoms with E-state index < -0.39 is 11.9 Å². The summed E-state index contributed by atoms with van der Waals surface area (Å²) in [6, 6.07) is 7.43. The summed E-state index contributed by atoms with van der Waals surface area (Å²) in [6.07, 6.45) is 5.94. The maximum Gasteiger partial charge on any atom is 0.325 e. The van der Waals surface area contributed by atoms with Crippen LogP contribution in [-0.4, -0.2) is 37.5 Å². The molecule has 1 aromatic heterocycles. The van der Waals surface area contributed by atoms with E-state index in [0.29, 0.717) is 22.4 Å². The lowest BCUT2D eigenvalue weighted by Crippen LogP contribution is -2.35. The molecule has 2 N–H and O–H groups in total. The van der Waals surface area contributed by atoms with Crippen LogP contribution in [0, 0.1) is 5.92 Å². The molecular weight excluding hydrogens is 400 g/mol. The molecule has 150 valence electrons. The van der Waals surface area contributed by atoms with Gasteiger partial charge in [-0.1, -0.05) is 49.1 Å². The lowest BCUT2D eigenvalue weighted by molar-refractivity contribution is -0.147. The van der Waals surface area contributed by atoms with Gasteiger partial charge in [0.2, 0.25) is 0 Å². The third-order valence-electron chi connectivity index (χ3n) is 4.81. The smallest absolute Gasteiger partial charge is 0.325 e. The van der Waals surface area contributed by atoms with E-state index >= 15 is 0 Å². The van der Waals surface area contributed by atoms with E-state index in [4.69, 9.17) is 16.3 Å². The van der Waals surface area contributed by atoms with E-state index in [-0.39, 0.29) is 19.1 Å². The molecule has 0 atom stereocenters. The van der Waals surface area contributed by atoms with Gasteiger partial charge in [0.15, 0.2) is 6.61 Å². The first-order chi connectivity index (χ1) is 13.5. The van der Waals surface area contributed by atoms with Crippen molar-refractivity contribution < 1.29 is 19.1 Å². The quantitative estimate of drug-likeness (QED) is 0.668. The standard InChI is InChI=1S/C20H23ClN2O4S/c21-18-14-8-4-5-9-15(14)28-19(18)20(26)23-11-17(25)27-12-16(24)22-10-13-6-2-1-3-7-13/h4-5,8-9,13H,1-3,6-7,10-12H2,(H,22,24)(H,23,26). The third-order valence-corrected chi connectivity index (χ3v) is 6.49. The van der Waals surface area contributed by atoms with Crippen LogP contribution in [0.25, 0.3) is 10.1 Å². The van der Waals surface area contributed by atoms with Crippen LogP contribution in [0.2, 0.25) is 5.02 Å². The second-order valence-corrected chi connectivity index (χ2v) is 8.32. The molecule has 3 rings (SSSR count). The number of fused-ring (bicyclic) bond motifs is 1. The van der Waals surface area contributed by atoms with Gasteiger partial charge in [-0.25, -0.2) is 0 Å². The van der Waals surface area contributed by atoms with Crippen LogP contribution in [0.4, 0.5) is 0 Å². The van der Waals surface area contributed by atoms with Crippen molar-refractivity contribution in [3.05, 3.63) is 34.2 Å². The van der Waals surface area contributed by atoms with Crippen molar-refractivity contribution in [2.45, 2.75) is 32.1 Å². The normalized spacial score (nSPS) is 14.6. The number of carbonyl (C=O) groups excluding carboxylic acids is 3. The van der Waals surface area contributed by atoms with Crippen molar-refractivity contribution in [1.29, 1.82) is 0 Å². The number of ether oxygens (including phenoxy) is 1. The van der Waals surface area contributed by atoms with E-state index in [0.717, 1.165) is 22.9 Å². The topological polar surface area (TPSA) is 84.5 Å². The molecule has 0 bridgehead atoms. The van der Waals surface area contributed by atoms with Gasteiger partial charge in [-0.15, -0.1) is 11.3 Å². The molecule has 2 amide bonds. The first kappa shape index (κ1) is 20.6. The van der Waals surface area contributed by atoms with Crippen LogP contribution in [0.5, 0.6) is 0 Å². The minimum absolute atomic E-state index is 0.320. The Morgan fingerprint density at radius 2 is 1.86 bits per heavy atom. The lowest BCUT2D eigenvalue weighted by atomic mass is 9.89. The average Bonchev–Trinajstić information content (AvgIpc) is 3.06. The molecule has 6 nitrogen and oxygen atoms in total. The van der Waals surface area contributed by atoms with Crippen molar-refractivity contribution in [1.82, 2.24) is 10.6 Å². The number of benzene rings is 1. The van der Waals surface area contributed by atoms with Crippen LogP contribution in [0.15, 0.2) is 24.3 Å². The van der Waals surface area contributed by atoms with Crippen molar-refractivity contribution >= 4 is 50.8 Å². The third kappa shape index (κ3) is 5.45. The summed E-state index contributed by atoms with van der Waals surface area (Å²) in [6.45, 7) is -0.0397. The van der Waals surface area contributed by atoms with Crippen molar-refractivity contribution in [3.8, 4) is 0 Å². The molecule has 1 aliphatic rings. The highest BCUT2D eigenvalue weighted by Crippen LogP contribution is 2.34. The number of rotatable bonds is 7. The van der Waals surface area contributed by atoms with E-state index in [1.54, 1.807) is 0 Å². The molecule has 1 heterocycles. The first-order valence-electron chi connectivity index (χ1n) is 9.42. The number of amides is 2. The fourth-order valence-corrected chi connectivity index (χ4v) is 4.72. The molecular formula is C20H23ClN2O4S. The van der Waals surface area contributed by atoms with Gasteiger partial charge in [0.25, 0.3) is 11.8 Å². The Bertz CT molecular complexity index is 861.